The first-order valence-electron chi connectivity index (χ1n) is 6.88. The van der Waals surface area contributed by atoms with Gasteiger partial charge in [0, 0.05) is 13.1 Å². The maximum Gasteiger partial charge on any atom is 0.239 e. The summed E-state index contributed by atoms with van der Waals surface area (Å²) in [5.41, 5.74) is 6.46. The zero-order chi connectivity index (χ0) is 13.0. The van der Waals surface area contributed by atoms with E-state index in [0.717, 1.165) is 24.8 Å². The van der Waals surface area contributed by atoms with Crippen molar-refractivity contribution in [2.45, 2.75) is 33.1 Å². The Bertz CT molecular complexity index is 391. The Morgan fingerprint density at radius 1 is 1.39 bits per heavy atom. The van der Waals surface area contributed by atoms with Crippen LogP contribution in [0.1, 0.15) is 33.1 Å². The van der Waals surface area contributed by atoms with Crippen molar-refractivity contribution in [3.63, 3.8) is 0 Å². The fourth-order valence-electron chi connectivity index (χ4n) is 2.24. The number of aromatic nitrogens is 1. The molecule has 0 atom stereocenters. The number of nitrogens with zero attached hydrogens (tertiary/aromatic N) is 2. The standard InChI is InChI=1S/C14H23N3O/c1-3-17(10-11-6-5-7-11)13-9-8-12(15)14(16-13)18-4-2/h8-9,11H,3-7,10,15H2,1-2H3. The van der Waals surface area contributed by atoms with Crippen LogP contribution in [0.3, 0.4) is 0 Å². The third kappa shape index (κ3) is 2.86. The average Bonchev–Trinajstić information content (AvgIpc) is 2.32. The molecular formula is C14H23N3O. The number of pyridine rings is 1. The molecule has 1 aromatic rings. The van der Waals surface area contributed by atoms with Crippen LogP contribution in [0.4, 0.5) is 11.5 Å². The van der Waals surface area contributed by atoms with E-state index in [4.69, 9.17) is 10.5 Å². The van der Waals surface area contributed by atoms with E-state index in [2.05, 4.69) is 16.8 Å². The van der Waals surface area contributed by atoms with Crippen LogP contribution in [0.15, 0.2) is 12.1 Å². The number of ether oxygens (including phenoxy) is 1. The number of hydrogen-bond donors (Lipinski definition) is 1. The lowest BCUT2D eigenvalue weighted by atomic mass is 9.85. The molecule has 0 amide bonds. The topological polar surface area (TPSA) is 51.4 Å². The molecule has 1 saturated carbocycles. The van der Waals surface area contributed by atoms with Gasteiger partial charge in [-0.2, -0.15) is 4.98 Å². The van der Waals surface area contributed by atoms with Crippen molar-refractivity contribution < 1.29 is 4.74 Å². The fourth-order valence-corrected chi connectivity index (χ4v) is 2.24. The molecule has 2 N–H and O–H groups in total. The highest BCUT2D eigenvalue weighted by molar-refractivity contribution is 5.54. The largest absolute Gasteiger partial charge is 0.476 e. The molecular weight excluding hydrogens is 226 g/mol. The number of hydrogen-bond acceptors (Lipinski definition) is 4. The Labute approximate surface area is 109 Å². The van der Waals surface area contributed by atoms with Gasteiger partial charge in [0.2, 0.25) is 5.88 Å². The van der Waals surface area contributed by atoms with Crippen LogP contribution in [0.5, 0.6) is 5.88 Å². The summed E-state index contributed by atoms with van der Waals surface area (Å²) in [6.07, 6.45) is 4.08. The highest BCUT2D eigenvalue weighted by atomic mass is 16.5. The lowest BCUT2D eigenvalue weighted by Gasteiger charge is -2.32. The molecule has 0 radical (unpaired) electrons. The molecule has 1 fully saturated rings. The third-order valence-electron chi connectivity index (χ3n) is 3.57. The van der Waals surface area contributed by atoms with E-state index < -0.39 is 0 Å². The molecule has 4 heteroatoms. The Hall–Kier alpha value is -1.45. The van der Waals surface area contributed by atoms with Gasteiger partial charge in [-0.3, -0.25) is 0 Å². The number of rotatable bonds is 6. The normalized spacial score (nSPS) is 15.2. The fraction of sp³-hybridized carbons (Fsp3) is 0.643. The quantitative estimate of drug-likeness (QED) is 0.842. The van der Waals surface area contributed by atoms with E-state index >= 15 is 0 Å². The lowest BCUT2D eigenvalue weighted by Crippen LogP contribution is -2.33. The van der Waals surface area contributed by atoms with Crippen LogP contribution in [0.2, 0.25) is 0 Å². The van der Waals surface area contributed by atoms with Gasteiger partial charge in [-0.25, -0.2) is 0 Å². The molecule has 1 aliphatic rings. The molecule has 1 aromatic heterocycles. The maximum atomic E-state index is 5.85. The minimum Gasteiger partial charge on any atom is -0.476 e. The van der Waals surface area contributed by atoms with Crippen molar-refractivity contribution in [3.8, 4) is 5.88 Å². The predicted molar refractivity (Wildman–Crippen MR) is 75.0 cm³/mol. The molecule has 18 heavy (non-hydrogen) atoms. The average molecular weight is 249 g/mol. The number of nitrogen functional groups attached to an aromatic ring is 1. The van der Waals surface area contributed by atoms with Crippen LogP contribution in [-0.4, -0.2) is 24.7 Å². The summed E-state index contributed by atoms with van der Waals surface area (Å²) in [5, 5.41) is 0. The van der Waals surface area contributed by atoms with Gasteiger partial charge >= 0.3 is 0 Å². The van der Waals surface area contributed by atoms with Crippen molar-refractivity contribution in [1.82, 2.24) is 4.98 Å². The minimum absolute atomic E-state index is 0.557. The summed E-state index contributed by atoms with van der Waals surface area (Å²) in [7, 11) is 0. The van der Waals surface area contributed by atoms with Crippen molar-refractivity contribution in [1.29, 1.82) is 0 Å². The molecule has 4 nitrogen and oxygen atoms in total. The molecule has 2 rings (SSSR count). The Morgan fingerprint density at radius 3 is 2.72 bits per heavy atom. The predicted octanol–water partition coefficient (Wildman–Crippen LogP) is 2.69. The third-order valence-corrected chi connectivity index (χ3v) is 3.57. The van der Waals surface area contributed by atoms with Crippen LogP contribution >= 0.6 is 0 Å². The molecule has 1 heterocycles. The molecule has 0 aromatic carbocycles. The van der Waals surface area contributed by atoms with E-state index in [1.165, 1.54) is 19.3 Å². The van der Waals surface area contributed by atoms with Crippen LogP contribution in [0, 0.1) is 5.92 Å². The van der Waals surface area contributed by atoms with Crippen molar-refractivity contribution >= 4 is 11.5 Å². The molecule has 0 unspecified atom stereocenters. The summed E-state index contributed by atoms with van der Waals surface area (Å²) < 4.78 is 5.45. The summed E-state index contributed by atoms with van der Waals surface area (Å²) >= 11 is 0. The summed E-state index contributed by atoms with van der Waals surface area (Å²) in [4.78, 5) is 6.83. The smallest absolute Gasteiger partial charge is 0.239 e. The van der Waals surface area contributed by atoms with Gasteiger partial charge in [-0.1, -0.05) is 6.42 Å². The second kappa shape index (κ2) is 5.94. The Balaban J connectivity index is 2.10. The second-order valence-electron chi connectivity index (χ2n) is 4.83. The zero-order valence-corrected chi connectivity index (χ0v) is 11.4. The molecule has 0 spiro atoms. The van der Waals surface area contributed by atoms with Crippen LogP contribution < -0.4 is 15.4 Å². The Morgan fingerprint density at radius 2 is 2.17 bits per heavy atom. The van der Waals surface area contributed by atoms with E-state index in [1.54, 1.807) is 0 Å². The maximum absolute atomic E-state index is 5.85. The van der Waals surface area contributed by atoms with Crippen molar-refractivity contribution in [2.75, 3.05) is 30.3 Å². The lowest BCUT2D eigenvalue weighted by molar-refractivity contribution is 0.315. The molecule has 0 aliphatic heterocycles. The van der Waals surface area contributed by atoms with Crippen LogP contribution in [0.25, 0.3) is 0 Å². The van der Waals surface area contributed by atoms with E-state index in [0.29, 0.717) is 18.2 Å². The van der Waals surface area contributed by atoms with E-state index in [9.17, 15) is 0 Å². The molecule has 0 bridgehead atoms. The van der Waals surface area contributed by atoms with Gasteiger partial charge in [-0.15, -0.1) is 0 Å². The van der Waals surface area contributed by atoms with Gasteiger partial charge < -0.3 is 15.4 Å². The highest BCUT2D eigenvalue weighted by Crippen LogP contribution is 2.29. The Kier molecular flexibility index (Phi) is 4.28. The van der Waals surface area contributed by atoms with Gasteiger partial charge in [0.05, 0.1) is 12.3 Å². The summed E-state index contributed by atoms with van der Waals surface area (Å²) in [6.45, 7) is 6.77. The highest BCUT2D eigenvalue weighted by Gasteiger charge is 2.21. The van der Waals surface area contributed by atoms with Crippen molar-refractivity contribution in [2.24, 2.45) is 5.92 Å². The summed E-state index contributed by atoms with van der Waals surface area (Å²) in [5.74, 6) is 2.36. The van der Waals surface area contributed by atoms with Gasteiger partial charge in [0.1, 0.15) is 5.82 Å². The van der Waals surface area contributed by atoms with Crippen molar-refractivity contribution in [3.05, 3.63) is 12.1 Å². The zero-order valence-electron chi connectivity index (χ0n) is 11.4. The molecule has 1 aliphatic carbocycles. The summed E-state index contributed by atoms with van der Waals surface area (Å²) in [6, 6.07) is 3.87. The minimum atomic E-state index is 0.557. The van der Waals surface area contributed by atoms with Gasteiger partial charge in [0.25, 0.3) is 0 Å². The second-order valence-corrected chi connectivity index (χ2v) is 4.83. The van der Waals surface area contributed by atoms with E-state index in [1.807, 2.05) is 19.1 Å². The molecule has 100 valence electrons. The first kappa shape index (κ1) is 13.0. The SMILES string of the molecule is CCOc1nc(N(CC)CC2CCC2)ccc1N. The first-order valence-corrected chi connectivity index (χ1v) is 6.88. The van der Waals surface area contributed by atoms with Crippen LogP contribution in [-0.2, 0) is 0 Å². The number of nitrogens with two attached hydrogens (primary N) is 1. The van der Waals surface area contributed by atoms with Gasteiger partial charge in [0.15, 0.2) is 0 Å². The van der Waals surface area contributed by atoms with Gasteiger partial charge in [-0.05, 0) is 44.7 Å². The first-order chi connectivity index (χ1) is 8.74. The van der Waals surface area contributed by atoms with E-state index in [-0.39, 0.29) is 0 Å². The number of anilines is 2. The monoisotopic (exact) mass is 249 g/mol. The molecule has 0 saturated heterocycles.